The molecule has 80 valence electrons. The topological polar surface area (TPSA) is 44.8 Å². The summed E-state index contributed by atoms with van der Waals surface area (Å²) >= 11 is 0. The number of cyclic esters (lactones) is 1. The van der Waals surface area contributed by atoms with Crippen molar-refractivity contribution in [2.45, 2.75) is 19.4 Å². The average Bonchev–Trinajstić information content (AvgIpc) is 2.58. The summed E-state index contributed by atoms with van der Waals surface area (Å²) in [5.41, 5.74) is 0. The summed E-state index contributed by atoms with van der Waals surface area (Å²) < 4.78 is 15.4. The Bertz CT molecular complexity index is 200. The predicted octanol–water partition coefficient (Wildman–Crippen LogP) is 0.911. The van der Waals surface area contributed by atoms with Crippen LogP contribution in [0.2, 0.25) is 0 Å². The first-order chi connectivity index (χ1) is 6.83. The van der Waals surface area contributed by atoms with E-state index in [2.05, 4.69) is 6.92 Å². The second-order valence-electron chi connectivity index (χ2n) is 3.02. The standard InChI is InChI=1S/C10H16O4/c1-2-5-12-6-7-13-8-9-3-4-10(11)14-9/h3-4,9H,2,5-8H2,1H3. The lowest BCUT2D eigenvalue weighted by Crippen LogP contribution is -2.17. The molecule has 0 amide bonds. The average molecular weight is 200 g/mol. The van der Waals surface area contributed by atoms with E-state index < -0.39 is 0 Å². The van der Waals surface area contributed by atoms with E-state index in [1.807, 2.05) is 0 Å². The molecule has 0 bridgehead atoms. The maximum atomic E-state index is 10.6. The molecule has 0 aromatic rings. The molecule has 1 rings (SSSR count). The molecular weight excluding hydrogens is 184 g/mol. The van der Waals surface area contributed by atoms with Gasteiger partial charge in [-0.2, -0.15) is 0 Å². The van der Waals surface area contributed by atoms with E-state index >= 15 is 0 Å². The van der Waals surface area contributed by atoms with Crippen molar-refractivity contribution in [3.8, 4) is 0 Å². The van der Waals surface area contributed by atoms with Gasteiger partial charge in [-0.05, 0) is 12.5 Å². The van der Waals surface area contributed by atoms with Gasteiger partial charge in [-0.25, -0.2) is 4.79 Å². The van der Waals surface area contributed by atoms with Crippen LogP contribution in [0.25, 0.3) is 0 Å². The lowest BCUT2D eigenvalue weighted by atomic mass is 10.4. The predicted molar refractivity (Wildman–Crippen MR) is 50.9 cm³/mol. The van der Waals surface area contributed by atoms with Crippen molar-refractivity contribution >= 4 is 5.97 Å². The Morgan fingerprint density at radius 2 is 2.14 bits per heavy atom. The maximum absolute atomic E-state index is 10.6. The number of carbonyl (C=O) groups excluding carboxylic acids is 1. The second-order valence-corrected chi connectivity index (χ2v) is 3.02. The van der Waals surface area contributed by atoms with Crippen LogP contribution in [0.1, 0.15) is 13.3 Å². The molecule has 14 heavy (non-hydrogen) atoms. The third-order valence-electron chi connectivity index (χ3n) is 1.72. The third-order valence-corrected chi connectivity index (χ3v) is 1.72. The highest BCUT2D eigenvalue weighted by molar-refractivity contribution is 5.84. The highest BCUT2D eigenvalue weighted by atomic mass is 16.6. The van der Waals surface area contributed by atoms with Crippen LogP contribution in [0, 0.1) is 0 Å². The lowest BCUT2D eigenvalue weighted by molar-refractivity contribution is -0.140. The molecule has 0 aromatic heterocycles. The van der Waals surface area contributed by atoms with Crippen LogP contribution in [0.3, 0.4) is 0 Å². The Morgan fingerprint density at radius 1 is 1.36 bits per heavy atom. The van der Waals surface area contributed by atoms with Gasteiger partial charge in [-0.3, -0.25) is 0 Å². The van der Waals surface area contributed by atoms with Gasteiger partial charge < -0.3 is 14.2 Å². The summed E-state index contributed by atoms with van der Waals surface area (Å²) in [6, 6.07) is 0. The molecule has 0 aromatic carbocycles. The van der Waals surface area contributed by atoms with Crippen LogP contribution in [-0.4, -0.2) is 38.5 Å². The number of ether oxygens (including phenoxy) is 3. The molecule has 1 unspecified atom stereocenters. The van der Waals surface area contributed by atoms with E-state index in [-0.39, 0.29) is 12.1 Å². The molecule has 1 aliphatic rings. The Balaban J connectivity index is 1.89. The molecule has 1 heterocycles. The monoisotopic (exact) mass is 200 g/mol. The zero-order valence-electron chi connectivity index (χ0n) is 8.40. The molecule has 4 heteroatoms. The fraction of sp³-hybridized carbons (Fsp3) is 0.700. The summed E-state index contributed by atoms with van der Waals surface area (Å²) in [7, 11) is 0. The minimum atomic E-state index is -0.291. The van der Waals surface area contributed by atoms with E-state index in [4.69, 9.17) is 14.2 Å². The van der Waals surface area contributed by atoms with Crippen LogP contribution in [0.4, 0.5) is 0 Å². The normalized spacial score (nSPS) is 20.1. The van der Waals surface area contributed by atoms with E-state index in [9.17, 15) is 4.79 Å². The van der Waals surface area contributed by atoms with Crippen LogP contribution >= 0.6 is 0 Å². The van der Waals surface area contributed by atoms with E-state index in [0.29, 0.717) is 19.8 Å². The smallest absolute Gasteiger partial charge is 0.331 e. The second kappa shape index (κ2) is 6.56. The van der Waals surface area contributed by atoms with Gasteiger partial charge in [0.05, 0.1) is 19.8 Å². The Hall–Kier alpha value is -0.870. The molecule has 0 saturated heterocycles. The van der Waals surface area contributed by atoms with Gasteiger partial charge >= 0.3 is 5.97 Å². The summed E-state index contributed by atoms with van der Waals surface area (Å²) in [6.07, 6.45) is 3.92. The minimum Gasteiger partial charge on any atom is -0.452 e. The highest BCUT2D eigenvalue weighted by Gasteiger charge is 2.15. The molecule has 4 nitrogen and oxygen atoms in total. The van der Waals surface area contributed by atoms with Crippen molar-refractivity contribution in [1.82, 2.24) is 0 Å². The molecule has 0 radical (unpaired) electrons. The van der Waals surface area contributed by atoms with E-state index in [0.717, 1.165) is 13.0 Å². The molecular formula is C10H16O4. The molecule has 0 aliphatic carbocycles. The SMILES string of the molecule is CCCOCCOCC1C=CC(=O)O1. The van der Waals surface area contributed by atoms with Crippen molar-refractivity contribution in [3.63, 3.8) is 0 Å². The van der Waals surface area contributed by atoms with Gasteiger partial charge in [0, 0.05) is 12.7 Å². The van der Waals surface area contributed by atoms with Crippen molar-refractivity contribution in [1.29, 1.82) is 0 Å². The zero-order chi connectivity index (χ0) is 10.2. The molecule has 0 N–H and O–H groups in total. The van der Waals surface area contributed by atoms with Gasteiger partial charge in [-0.1, -0.05) is 6.92 Å². The molecule has 0 fully saturated rings. The number of esters is 1. The molecule has 0 spiro atoms. The quantitative estimate of drug-likeness (QED) is 0.452. The van der Waals surface area contributed by atoms with Gasteiger partial charge in [0.2, 0.25) is 0 Å². The van der Waals surface area contributed by atoms with Gasteiger partial charge in [0.15, 0.2) is 0 Å². The Labute approximate surface area is 83.8 Å². The van der Waals surface area contributed by atoms with Crippen molar-refractivity contribution < 1.29 is 19.0 Å². The Morgan fingerprint density at radius 3 is 2.79 bits per heavy atom. The number of rotatable bonds is 7. The molecule has 1 aliphatic heterocycles. The first kappa shape index (κ1) is 11.2. The van der Waals surface area contributed by atoms with Crippen molar-refractivity contribution in [3.05, 3.63) is 12.2 Å². The van der Waals surface area contributed by atoms with Crippen LogP contribution in [-0.2, 0) is 19.0 Å². The largest absolute Gasteiger partial charge is 0.452 e. The molecule has 0 saturated carbocycles. The van der Waals surface area contributed by atoms with Crippen molar-refractivity contribution in [2.75, 3.05) is 26.4 Å². The number of hydrogen-bond acceptors (Lipinski definition) is 4. The number of hydrogen-bond donors (Lipinski definition) is 0. The zero-order valence-corrected chi connectivity index (χ0v) is 8.40. The summed E-state index contributed by atoms with van der Waals surface area (Å²) in [6.45, 7) is 4.38. The van der Waals surface area contributed by atoms with Gasteiger partial charge in [-0.15, -0.1) is 0 Å². The van der Waals surface area contributed by atoms with Gasteiger partial charge in [0.25, 0.3) is 0 Å². The summed E-state index contributed by atoms with van der Waals surface area (Å²) in [4.78, 5) is 10.6. The summed E-state index contributed by atoms with van der Waals surface area (Å²) in [5.74, 6) is -0.291. The van der Waals surface area contributed by atoms with Gasteiger partial charge in [0.1, 0.15) is 6.10 Å². The van der Waals surface area contributed by atoms with Crippen LogP contribution < -0.4 is 0 Å². The molecule has 1 atom stereocenters. The maximum Gasteiger partial charge on any atom is 0.331 e. The third kappa shape index (κ3) is 4.39. The first-order valence-corrected chi connectivity index (χ1v) is 4.87. The van der Waals surface area contributed by atoms with E-state index in [1.54, 1.807) is 6.08 Å². The van der Waals surface area contributed by atoms with Crippen molar-refractivity contribution in [2.24, 2.45) is 0 Å². The highest BCUT2D eigenvalue weighted by Crippen LogP contribution is 2.04. The number of carbonyl (C=O) groups is 1. The summed E-state index contributed by atoms with van der Waals surface area (Å²) in [5, 5.41) is 0. The Kier molecular flexibility index (Phi) is 5.25. The van der Waals surface area contributed by atoms with E-state index in [1.165, 1.54) is 6.08 Å². The fourth-order valence-electron chi connectivity index (χ4n) is 1.07. The lowest BCUT2D eigenvalue weighted by Gasteiger charge is -2.09. The first-order valence-electron chi connectivity index (χ1n) is 4.87. The van der Waals surface area contributed by atoms with Crippen LogP contribution in [0.15, 0.2) is 12.2 Å². The van der Waals surface area contributed by atoms with Crippen LogP contribution in [0.5, 0.6) is 0 Å². The fourth-order valence-corrected chi connectivity index (χ4v) is 1.07. The minimum absolute atomic E-state index is 0.214.